The monoisotopic (exact) mass is 229 g/mol. The highest BCUT2D eigenvalue weighted by atomic mass is 32.2. The SMILES string of the molecule is CC(SCc1nc(N)nc(N)n1)C(=O)O. The lowest BCUT2D eigenvalue weighted by molar-refractivity contribution is -0.136. The van der Waals surface area contributed by atoms with Crippen molar-refractivity contribution in [1.82, 2.24) is 15.0 Å². The summed E-state index contributed by atoms with van der Waals surface area (Å²) in [6, 6.07) is 0. The Morgan fingerprint density at radius 1 is 1.40 bits per heavy atom. The van der Waals surface area contributed by atoms with Crippen molar-refractivity contribution in [3.63, 3.8) is 0 Å². The van der Waals surface area contributed by atoms with Gasteiger partial charge in [-0.15, -0.1) is 11.8 Å². The lowest BCUT2D eigenvalue weighted by Crippen LogP contribution is -2.13. The second-order valence-electron chi connectivity index (χ2n) is 2.76. The van der Waals surface area contributed by atoms with E-state index >= 15 is 0 Å². The average Bonchev–Trinajstić information content (AvgIpc) is 2.12. The molecule has 0 saturated heterocycles. The van der Waals surface area contributed by atoms with Crippen LogP contribution in [-0.2, 0) is 10.5 Å². The Bertz CT molecular complexity index is 352. The highest BCUT2D eigenvalue weighted by Gasteiger charge is 2.12. The molecule has 0 saturated carbocycles. The summed E-state index contributed by atoms with van der Waals surface area (Å²) in [6.45, 7) is 1.58. The Hall–Kier alpha value is -1.57. The molecule has 0 fully saturated rings. The van der Waals surface area contributed by atoms with E-state index in [-0.39, 0.29) is 11.9 Å². The molecule has 0 aliphatic rings. The molecule has 0 bridgehead atoms. The lowest BCUT2D eigenvalue weighted by Gasteiger charge is -2.05. The van der Waals surface area contributed by atoms with Crippen molar-refractivity contribution < 1.29 is 9.90 Å². The minimum Gasteiger partial charge on any atom is -0.480 e. The Labute approximate surface area is 90.3 Å². The number of carboxylic acids is 1. The van der Waals surface area contributed by atoms with E-state index in [1.54, 1.807) is 6.92 Å². The van der Waals surface area contributed by atoms with Crippen LogP contribution in [0, 0.1) is 0 Å². The maximum absolute atomic E-state index is 10.5. The highest BCUT2D eigenvalue weighted by molar-refractivity contribution is 7.99. The highest BCUT2D eigenvalue weighted by Crippen LogP contribution is 2.15. The van der Waals surface area contributed by atoms with Crippen LogP contribution < -0.4 is 11.5 Å². The van der Waals surface area contributed by atoms with Crippen LogP contribution in [0.2, 0.25) is 0 Å². The van der Waals surface area contributed by atoms with E-state index in [0.717, 1.165) is 0 Å². The van der Waals surface area contributed by atoms with Gasteiger partial charge >= 0.3 is 5.97 Å². The third-order valence-corrected chi connectivity index (χ3v) is 2.65. The number of hydrogen-bond acceptors (Lipinski definition) is 7. The quantitative estimate of drug-likeness (QED) is 0.644. The number of thioether (sulfide) groups is 1. The van der Waals surface area contributed by atoms with E-state index in [0.29, 0.717) is 11.6 Å². The van der Waals surface area contributed by atoms with Gasteiger partial charge in [0, 0.05) is 0 Å². The second-order valence-corrected chi connectivity index (χ2v) is 4.09. The molecule has 0 spiro atoms. The van der Waals surface area contributed by atoms with E-state index in [4.69, 9.17) is 16.6 Å². The fourth-order valence-electron chi connectivity index (χ4n) is 0.792. The van der Waals surface area contributed by atoms with Crippen molar-refractivity contribution in [2.75, 3.05) is 11.5 Å². The molecular formula is C7H11N5O2S. The summed E-state index contributed by atoms with van der Waals surface area (Å²) < 4.78 is 0. The van der Waals surface area contributed by atoms with Crippen molar-refractivity contribution in [3.8, 4) is 0 Å². The van der Waals surface area contributed by atoms with Gasteiger partial charge in [0.05, 0.1) is 11.0 Å². The number of rotatable bonds is 4. The molecular weight excluding hydrogens is 218 g/mol. The molecule has 5 N–H and O–H groups in total. The first-order valence-electron chi connectivity index (χ1n) is 4.09. The van der Waals surface area contributed by atoms with Crippen molar-refractivity contribution in [1.29, 1.82) is 0 Å². The molecule has 82 valence electrons. The number of aliphatic carboxylic acids is 1. The van der Waals surface area contributed by atoms with Crippen LogP contribution in [0.15, 0.2) is 0 Å². The molecule has 0 amide bonds. The van der Waals surface area contributed by atoms with Crippen LogP contribution in [0.25, 0.3) is 0 Å². The summed E-state index contributed by atoms with van der Waals surface area (Å²) in [6.07, 6.45) is 0. The van der Waals surface area contributed by atoms with Gasteiger partial charge < -0.3 is 16.6 Å². The molecule has 1 heterocycles. The largest absolute Gasteiger partial charge is 0.480 e. The molecule has 1 atom stereocenters. The third-order valence-electron chi connectivity index (χ3n) is 1.53. The molecule has 8 heteroatoms. The minimum atomic E-state index is -0.880. The van der Waals surface area contributed by atoms with Gasteiger partial charge in [0.25, 0.3) is 0 Å². The van der Waals surface area contributed by atoms with Gasteiger partial charge in [0.1, 0.15) is 5.82 Å². The first-order chi connectivity index (χ1) is 6.99. The fourth-order valence-corrected chi connectivity index (χ4v) is 1.46. The van der Waals surface area contributed by atoms with Gasteiger partial charge in [-0.1, -0.05) is 0 Å². The topological polar surface area (TPSA) is 128 Å². The molecule has 15 heavy (non-hydrogen) atoms. The number of anilines is 2. The molecule has 7 nitrogen and oxygen atoms in total. The smallest absolute Gasteiger partial charge is 0.316 e. The van der Waals surface area contributed by atoms with Gasteiger partial charge in [-0.05, 0) is 6.92 Å². The molecule has 1 rings (SSSR count). The number of hydrogen-bond donors (Lipinski definition) is 3. The van der Waals surface area contributed by atoms with Crippen LogP contribution in [0.5, 0.6) is 0 Å². The summed E-state index contributed by atoms with van der Waals surface area (Å²) in [7, 11) is 0. The van der Waals surface area contributed by atoms with Crippen LogP contribution in [0.4, 0.5) is 11.9 Å². The molecule has 0 radical (unpaired) electrons. The minimum absolute atomic E-state index is 0.0427. The van der Waals surface area contributed by atoms with Gasteiger partial charge in [-0.25, -0.2) is 0 Å². The van der Waals surface area contributed by atoms with E-state index < -0.39 is 11.2 Å². The summed E-state index contributed by atoms with van der Waals surface area (Å²) in [5.74, 6) is -0.0695. The summed E-state index contributed by atoms with van der Waals surface area (Å²) >= 11 is 1.19. The molecule has 0 aromatic carbocycles. The first kappa shape index (κ1) is 11.5. The van der Waals surface area contributed by atoms with Gasteiger partial charge in [-0.2, -0.15) is 15.0 Å². The fraction of sp³-hybridized carbons (Fsp3) is 0.429. The Kier molecular flexibility index (Phi) is 3.67. The number of aromatic nitrogens is 3. The van der Waals surface area contributed by atoms with Crippen molar-refractivity contribution in [2.45, 2.75) is 17.9 Å². The predicted octanol–water partition coefficient (Wildman–Crippen LogP) is -0.258. The standard InChI is InChI=1S/C7H11N5O2S/c1-3(5(13)14)15-2-4-10-6(8)12-7(9)11-4/h3H,2H2,1H3,(H,13,14)(H4,8,9,10,11,12). The number of nitrogens with zero attached hydrogens (tertiary/aromatic N) is 3. The normalized spacial score (nSPS) is 12.3. The Morgan fingerprint density at radius 3 is 2.40 bits per heavy atom. The van der Waals surface area contributed by atoms with E-state index in [1.807, 2.05) is 0 Å². The third kappa shape index (κ3) is 3.58. The Balaban J connectivity index is 2.61. The summed E-state index contributed by atoms with van der Waals surface area (Å²) in [5.41, 5.74) is 10.7. The molecule has 0 aliphatic heterocycles. The van der Waals surface area contributed by atoms with Crippen LogP contribution in [0.3, 0.4) is 0 Å². The zero-order chi connectivity index (χ0) is 11.4. The average molecular weight is 229 g/mol. The summed E-state index contributed by atoms with van der Waals surface area (Å²) in [4.78, 5) is 21.8. The van der Waals surface area contributed by atoms with Crippen molar-refractivity contribution in [2.24, 2.45) is 0 Å². The molecule has 1 aromatic rings. The first-order valence-corrected chi connectivity index (χ1v) is 5.14. The van der Waals surface area contributed by atoms with Crippen LogP contribution in [0.1, 0.15) is 12.7 Å². The van der Waals surface area contributed by atoms with Crippen molar-refractivity contribution in [3.05, 3.63) is 5.82 Å². The van der Waals surface area contributed by atoms with E-state index in [2.05, 4.69) is 15.0 Å². The second kappa shape index (κ2) is 4.78. The van der Waals surface area contributed by atoms with Crippen LogP contribution >= 0.6 is 11.8 Å². The maximum Gasteiger partial charge on any atom is 0.316 e. The van der Waals surface area contributed by atoms with E-state index in [1.165, 1.54) is 11.8 Å². The predicted molar refractivity (Wildman–Crippen MR) is 57.0 cm³/mol. The molecule has 1 unspecified atom stereocenters. The number of carboxylic acid groups (broad SMARTS) is 1. The summed E-state index contributed by atoms with van der Waals surface area (Å²) in [5, 5.41) is 8.12. The zero-order valence-corrected chi connectivity index (χ0v) is 8.86. The van der Waals surface area contributed by atoms with Crippen molar-refractivity contribution >= 4 is 29.6 Å². The number of nitrogens with two attached hydrogens (primary N) is 2. The molecule has 1 aromatic heterocycles. The number of nitrogen functional groups attached to an aromatic ring is 2. The molecule has 0 aliphatic carbocycles. The van der Waals surface area contributed by atoms with E-state index in [9.17, 15) is 4.79 Å². The Morgan fingerprint density at radius 2 is 1.93 bits per heavy atom. The number of carbonyl (C=O) groups is 1. The zero-order valence-electron chi connectivity index (χ0n) is 8.04. The van der Waals surface area contributed by atoms with Crippen LogP contribution in [-0.4, -0.2) is 31.3 Å². The van der Waals surface area contributed by atoms with Gasteiger partial charge in [-0.3, -0.25) is 4.79 Å². The maximum atomic E-state index is 10.5. The lowest BCUT2D eigenvalue weighted by atomic mass is 10.5. The van der Waals surface area contributed by atoms with Gasteiger partial charge in [0.2, 0.25) is 11.9 Å². The van der Waals surface area contributed by atoms with Gasteiger partial charge in [0.15, 0.2) is 0 Å².